The molecule has 0 aliphatic heterocycles. The molecule has 3 aromatic heterocycles. The molecule has 0 saturated heterocycles. The largest absolute Gasteiger partial charge is 0.278 e. The van der Waals surface area contributed by atoms with Crippen molar-refractivity contribution >= 4 is 53.3 Å². The predicted molar refractivity (Wildman–Crippen MR) is 227 cm³/mol. The standard InChI is InChI=1S/C49H36N4S/c1-2-3-14-32-23-28-45-42(29-32)40-22-13-21-38(46(40)54-45)37-25-27-43-41(30-37)39-26-24-36(33-15-7-4-8-16-33)31-44(39)53(43)49-51-47(34-17-9-5-10-18-34)50-48(52-49)35-19-11-6-12-20-35/h4-13,15-31H,2-3,14H2,1H3. The molecule has 0 unspecified atom stereocenters. The van der Waals surface area contributed by atoms with Crippen LogP contribution in [0.15, 0.2) is 164 Å². The number of fused-ring (bicyclic) bond motifs is 6. The van der Waals surface area contributed by atoms with Crippen molar-refractivity contribution in [3.8, 4) is 51.0 Å². The molecule has 0 aliphatic rings. The molecule has 0 N–H and O–H groups in total. The summed E-state index contributed by atoms with van der Waals surface area (Å²) in [6.07, 6.45) is 3.54. The highest BCUT2D eigenvalue weighted by atomic mass is 32.1. The van der Waals surface area contributed by atoms with Gasteiger partial charge in [-0.25, -0.2) is 4.98 Å². The van der Waals surface area contributed by atoms with Crippen molar-refractivity contribution in [1.29, 1.82) is 0 Å². The number of aryl methyl sites for hydroxylation is 1. The van der Waals surface area contributed by atoms with Gasteiger partial charge in [0.1, 0.15) is 0 Å². The van der Waals surface area contributed by atoms with E-state index in [4.69, 9.17) is 15.0 Å². The Morgan fingerprint density at radius 2 is 1.17 bits per heavy atom. The van der Waals surface area contributed by atoms with E-state index in [2.05, 4.69) is 139 Å². The maximum atomic E-state index is 5.19. The molecule has 0 bridgehead atoms. The van der Waals surface area contributed by atoms with Gasteiger partial charge in [0.25, 0.3) is 0 Å². The monoisotopic (exact) mass is 712 g/mol. The molecular formula is C49H36N4S. The highest BCUT2D eigenvalue weighted by Crippen LogP contribution is 2.43. The average Bonchev–Trinajstić information content (AvgIpc) is 3.78. The van der Waals surface area contributed by atoms with Crippen molar-refractivity contribution in [1.82, 2.24) is 19.5 Å². The van der Waals surface area contributed by atoms with Gasteiger partial charge in [-0.05, 0) is 71.0 Å². The van der Waals surface area contributed by atoms with Crippen molar-refractivity contribution in [2.75, 3.05) is 0 Å². The topological polar surface area (TPSA) is 43.6 Å². The van der Waals surface area contributed by atoms with Crippen molar-refractivity contribution in [2.45, 2.75) is 26.2 Å². The normalized spacial score (nSPS) is 11.6. The van der Waals surface area contributed by atoms with Gasteiger partial charge in [0.2, 0.25) is 5.95 Å². The molecule has 0 aliphatic carbocycles. The average molecular weight is 713 g/mol. The van der Waals surface area contributed by atoms with Gasteiger partial charge < -0.3 is 0 Å². The van der Waals surface area contributed by atoms with E-state index in [1.54, 1.807) is 0 Å². The van der Waals surface area contributed by atoms with Gasteiger partial charge in [-0.1, -0.05) is 147 Å². The Balaban J connectivity index is 1.21. The molecule has 0 radical (unpaired) electrons. The lowest BCUT2D eigenvalue weighted by atomic mass is 9.99. The van der Waals surface area contributed by atoms with E-state index in [1.807, 2.05) is 47.7 Å². The van der Waals surface area contributed by atoms with Crippen LogP contribution in [-0.2, 0) is 6.42 Å². The Morgan fingerprint density at radius 1 is 0.481 bits per heavy atom. The predicted octanol–water partition coefficient (Wildman–Crippen LogP) is 13.3. The summed E-state index contributed by atoms with van der Waals surface area (Å²) in [6, 6.07) is 58.4. The van der Waals surface area contributed by atoms with E-state index in [1.165, 1.54) is 49.7 Å². The van der Waals surface area contributed by atoms with Gasteiger partial charge in [0.05, 0.1) is 11.0 Å². The molecule has 5 heteroatoms. The number of rotatable bonds is 8. The van der Waals surface area contributed by atoms with Crippen LogP contribution in [0.4, 0.5) is 0 Å². The summed E-state index contributed by atoms with van der Waals surface area (Å²) in [5.41, 5.74) is 10.2. The van der Waals surface area contributed by atoms with E-state index in [0.29, 0.717) is 17.6 Å². The Kier molecular flexibility index (Phi) is 8.07. The summed E-state index contributed by atoms with van der Waals surface area (Å²) >= 11 is 1.89. The van der Waals surface area contributed by atoms with Crippen LogP contribution in [0.1, 0.15) is 25.3 Å². The fourth-order valence-electron chi connectivity index (χ4n) is 7.72. The quantitative estimate of drug-likeness (QED) is 0.158. The molecule has 258 valence electrons. The van der Waals surface area contributed by atoms with Crippen LogP contribution >= 0.6 is 11.3 Å². The Bertz CT molecular complexity index is 2910. The van der Waals surface area contributed by atoms with Gasteiger partial charge >= 0.3 is 0 Å². The zero-order valence-corrected chi connectivity index (χ0v) is 30.7. The van der Waals surface area contributed by atoms with E-state index in [-0.39, 0.29) is 0 Å². The van der Waals surface area contributed by atoms with E-state index < -0.39 is 0 Å². The first kappa shape index (κ1) is 32.2. The van der Waals surface area contributed by atoms with Crippen LogP contribution in [0.5, 0.6) is 0 Å². The lowest BCUT2D eigenvalue weighted by Gasteiger charge is -2.11. The molecular weight excluding hydrogens is 677 g/mol. The molecule has 54 heavy (non-hydrogen) atoms. The second kappa shape index (κ2) is 13.5. The molecule has 3 heterocycles. The molecule has 10 rings (SSSR count). The first-order chi connectivity index (χ1) is 26.7. The summed E-state index contributed by atoms with van der Waals surface area (Å²) in [7, 11) is 0. The zero-order chi connectivity index (χ0) is 36.0. The van der Waals surface area contributed by atoms with Crippen LogP contribution in [0.3, 0.4) is 0 Å². The molecule has 4 nitrogen and oxygen atoms in total. The summed E-state index contributed by atoms with van der Waals surface area (Å²) < 4.78 is 4.88. The van der Waals surface area contributed by atoms with Gasteiger partial charge in [-0.2, -0.15) is 9.97 Å². The minimum Gasteiger partial charge on any atom is -0.278 e. The number of aromatic nitrogens is 4. The lowest BCUT2D eigenvalue weighted by molar-refractivity contribution is 0.796. The fraction of sp³-hybridized carbons (Fsp3) is 0.0816. The van der Waals surface area contributed by atoms with Crippen molar-refractivity contribution in [3.63, 3.8) is 0 Å². The van der Waals surface area contributed by atoms with Crippen molar-refractivity contribution in [3.05, 3.63) is 169 Å². The third-order valence-corrected chi connectivity index (χ3v) is 11.7. The number of unbranched alkanes of at least 4 members (excludes halogenated alkanes) is 1. The third kappa shape index (κ3) is 5.65. The number of benzene rings is 7. The summed E-state index contributed by atoms with van der Waals surface area (Å²) in [5.74, 6) is 1.87. The van der Waals surface area contributed by atoms with Crippen molar-refractivity contribution < 1.29 is 0 Å². The minimum absolute atomic E-state index is 0.589. The molecule has 7 aromatic carbocycles. The second-order valence-electron chi connectivity index (χ2n) is 13.9. The van der Waals surface area contributed by atoms with E-state index >= 15 is 0 Å². The summed E-state index contributed by atoms with van der Waals surface area (Å²) in [6.45, 7) is 2.26. The highest BCUT2D eigenvalue weighted by Gasteiger charge is 2.20. The van der Waals surface area contributed by atoms with E-state index in [0.717, 1.165) is 50.5 Å². The molecule has 10 aromatic rings. The highest BCUT2D eigenvalue weighted by molar-refractivity contribution is 7.26. The smallest absolute Gasteiger partial charge is 0.238 e. The number of nitrogens with zero attached hydrogens (tertiary/aromatic N) is 4. The fourth-order valence-corrected chi connectivity index (χ4v) is 8.94. The van der Waals surface area contributed by atoms with Gasteiger partial charge in [0.15, 0.2) is 11.6 Å². The van der Waals surface area contributed by atoms with Crippen LogP contribution < -0.4 is 0 Å². The Morgan fingerprint density at radius 3 is 1.87 bits per heavy atom. The Labute approximate surface area is 318 Å². The van der Waals surface area contributed by atoms with Gasteiger partial charge in [-0.3, -0.25) is 4.57 Å². The van der Waals surface area contributed by atoms with Gasteiger partial charge in [-0.15, -0.1) is 11.3 Å². The summed E-state index contributed by atoms with van der Waals surface area (Å²) in [5, 5.41) is 4.99. The van der Waals surface area contributed by atoms with Crippen LogP contribution in [-0.4, -0.2) is 19.5 Å². The van der Waals surface area contributed by atoms with Gasteiger partial charge in [0, 0.05) is 42.1 Å². The number of hydrogen-bond acceptors (Lipinski definition) is 4. The molecule has 0 amide bonds. The first-order valence-corrected chi connectivity index (χ1v) is 19.5. The second-order valence-corrected chi connectivity index (χ2v) is 15.0. The number of hydrogen-bond donors (Lipinski definition) is 0. The van der Waals surface area contributed by atoms with Crippen LogP contribution in [0, 0.1) is 0 Å². The molecule has 0 spiro atoms. The van der Waals surface area contributed by atoms with Crippen LogP contribution in [0.25, 0.3) is 93.0 Å². The zero-order valence-electron chi connectivity index (χ0n) is 29.9. The summed E-state index contributed by atoms with van der Waals surface area (Å²) in [4.78, 5) is 15.4. The minimum atomic E-state index is 0.589. The Hall–Kier alpha value is -6.43. The maximum absolute atomic E-state index is 5.19. The number of thiophene rings is 1. The molecule has 0 atom stereocenters. The van der Waals surface area contributed by atoms with E-state index in [9.17, 15) is 0 Å². The first-order valence-electron chi connectivity index (χ1n) is 18.7. The lowest BCUT2D eigenvalue weighted by Crippen LogP contribution is -2.06. The SMILES string of the molecule is CCCCc1ccc2sc3c(-c4ccc5c(c4)c4ccc(-c6ccccc6)cc4n5-c4nc(-c5ccccc5)nc(-c5ccccc5)n4)cccc3c2c1. The third-order valence-electron chi connectivity index (χ3n) is 10.5. The molecule has 0 saturated carbocycles. The van der Waals surface area contributed by atoms with Crippen LogP contribution in [0.2, 0.25) is 0 Å². The maximum Gasteiger partial charge on any atom is 0.238 e. The molecule has 0 fully saturated rings. The van der Waals surface area contributed by atoms with Crippen molar-refractivity contribution in [2.24, 2.45) is 0 Å².